The predicted molar refractivity (Wildman–Crippen MR) is 68.3 cm³/mol. The van der Waals surface area contributed by atoms with Gasteiger partial charge in [0.05, 0.1) is 0 Å². The Balaban J connectivity index is 2.24. The van der Waals surface area contributed by atoms with Crippen LogP contribution in [0.5, 0.6) is 0 Å². The lowest BCUT2D eigenvalue weighted by Crippen LogP contribution is -2.53. The largest absolute Gasteiger partial charge is 0.330 e. The highest BCUT2D eigenvalue weighted by atomic mass is 16.2. The van der Waals surface area contributed by atoms with Crippen LogP contribution in [0.2, 0.25) is 0 Å². The topological polar surface area (TPSA) is 92.5 Å². The average Bonchev–Trinajstić information content (AvgIpc) is 2.38. The Hall–Kier alpha value is -2.21. The molecule has 0 bridgehead atoms. The molecular weight excluding hydrogens is 246 g/mol. The quantitative estimate of drug-likeness (QED) is 0.703. The van der Waals surface area contributed by atoms with Crippen molar-refractivity contribution >= 4 is 17.7 Å². The number of nitrogens with zero attached hydrogens (tertiary/aromatic N) is 1. The van der Waals surface area contributed by atoms with Crippen LogP contribution in [-0.2, 0) is 16.0 Å². The molecule has 1 fully saturated rings. The molecule has 6 heteroatoms. The molecule has 1 aromatic carbocycles. The van der Waals surface area contributed by atoms with Gasteiger partial charge in [-0.25, -0.2) is 0 Å². The number of hydrogen-bond acceptors (Lipinski definition) is 4. The van der Waals surface area contributed by atoms with E-state index >= 15 is 0 Å². The lowest BCUT2D eigenvalue weighted by molar-refractivity contribution is -0.135. The molecule has 1 aliphatic rings. The van der Waals surface area contributed by atoms with E-state index in [4.69, 9.17) is 5.73 Å². The maximum absolute atomic E-state index is 12.3. The summed E-state index contributed by atoms with van der Waals surface area (Å²) in [5, 5.41) is 2.16. The van der Waals surface area contributed by atoms with Gasteiger partial charge in [-0.3, -0.25) is 19.7 Å². The van der Waals surface area contributed by atoms with Crippen LogP contribution in [-0.4, -0.2) is 42.3 Å². The lowest BCUT2D eigenvalue weighted by atomic mass is 10.0. The van der Waals surface area contributed by atoms with Gasteiger partial charge in [-0.15, -0.1) is 0 Å². The minimum Gasteiger partial charge on any atom is -0.330 e. The number of piperazine rings is 1. The molecule has 2 rings (SSSR count). The predicted octanol–water partition coefficient (Wildman–Crippen LogP) is -0.714. The number of amides is 3. The Kier molecular flexibility index (Phi) is 3.91. The normalized spacial score (nSPS) is 15.3. The molecule has 3 N–H and O–H groups in total. The third-order valence-electron chi connectivity index (χ3n) is 2.90. The molecule has 0 saturated carbocycles. The molecule has 19 heavy (non-hydrogen) atoms. The van der Waals surface area contributed by atoms with E-state index in [1.54, 1.807) is 12.1 Å². The highest BCUT2D eigenvalue weighted by molar-refractivity contribution is 6.06. The van der Waals surface area contributed by atoms with Crippen LogP contribution in [0, 0.1) is 0 Å². The van der Waals surface area contributed by atoms with E-state index < -0.39 is 11.8 Å². The molecule has 0 atom stereocenters. The van der Waals surface area contributed by atoms with E-state index in [-0.39, 0.29) is 19.0 Å². The number of rotatable bonds is 3. The minimum atomic E-state index is -0.457. The van der Waals surface area contributed by atoms with Crippen molar-refractivity contribution in [2.24, 2.45) is 5.73 Å². The first-order chi connectivity index (χ1) is 9.11. The molecule has 1 saturated heterocycles. The smallest absolute Gasteiger partial charge is 0.255 e. The highest BCUT2D eigenvalue weighted by Gasteiger charge is 2.27. The maximum Gasteiger partial charge on any atom is 0.255 e. The van der Waals surface area contributed by atoms with Gasteiger partial charge >= 0.3 is 0 Å². The summed E-state index contributed by atoms with van der Waals surface area (Å²) in [7, 11) is 0. The Morgan fingerprint density at radius 1 is 1.21 bits per heavy atom. The van der Waals surface area contributed by atoms with Crippen LogP contribution in [0.1, 0.15) is 15.9 Å². The van der Waals surface area contributed by atoms with Crippen molar-refractivity contribution in [2.45, 2.75) is 6.42 Å². The Morgan fingerprint density at radius 3 is 2.47 bits per heavy atom. The summed E-state index contributed by atoms with van der Waals surface area (Å²) in [6.45, 7) is 0.243. The molecule has 6 nitrogen and oxygen atoms in total. The first kappa shape index (κ1) is 13.2. The van der Waals surface area contributed by atoms with Crippen molar-refractivity contribution in [3.8, 4) is 0 Å². The van der Waals surface area contributed by atoms with Crippen LogP contribution in [0.15, 0.2) is 24.3 Å². The standard InChI is InChI=1S/C13H15N3O3/c14-6-5-9-3-1-2-4-10(9)13(19)16-7-11(17)15-12(18)8-16/h1-4H,5-8,14H2,(H,15,17,18). The zero-order chi connectivity index (χ0) is 13.8. The fourth-order valence-electron chi connectivity index (χ4n) is 2.05. The van der Waals surface area contributed by atoms with Gasteiger partial charge in [0.1, 0.15) is 13.1 Å². The highest BCUT2D eigenvalue weighted by Crippen LogP contribution is 2.13. The van der Waals surface area contributed by atoms with Crippen molar-refractivity contribution in [1.29, 1.82) is 0 Å². The summed E-state index contributed by atoms with van der Waals surface area (Å²) in [5.74, 6) is -1.23. The summed E-state index contributed by atoms with van der Waals surface area (Å²) < 4.78 is 0. The molecule has 0 aromatic heterocycles. The third-order valence-corrected chi connectivity index (χ3v) is 2.90. The number of carbonyl (C=O) groups excluding carboxylic acids is 3. The first-order valence-corrected chi connectivity index (χ1v) is 6.01. The van der Waals surface area contributed by atoms with Crippen LogP contribution >= 0.6 is 0 Å². The molecule has 100 valence electrons. The monoisotopic (exact) mass is 261 g/mol. The summed E-state index contributed by atoms with van der Waals surface area (Å²) in [6, 6.07) is 7.09. The summed E-state index contributed by atoms with van der Waals surface area (Å²) >= 11 is 0. The van der Waals surface area contributed by atoms with Gasteiger partial charge in [0, 0.05) is 5.56 Å². The second-order valence-electron chi connectivity index (χ2n) is 4.33. The van der Waals surface area contributed by atoms with E-state index in [1.807, 2.05) is 12.1 Å². The van der Waals surface area contributed by atoms with Crippen LogP contribution in [0.4, 0.5) is 0 Å². The molecule has 0 spiro atoms. The van der Waals surface area contributed by atoms with Gasteiger partial charge in [0.25, 0.3) is 5.91 Å². The second kappa shape index (κ2) is 5.62. The van der Waals surface area contributed by atoms with Gasteiger partial charge < -0.3 is 10.6 Å². The number of hydrogen-bond donors (Lipinski definition) is 2. The van der Waals surface area contributed by atoms with Crippen molar-refractivity contribution in [1.82, 2.24) is 10.2 Å². The third kappa shape index (κ3) is 2.97. The zero-order valence-electron chi connectivity index (χ0n) is 10.4. The van der Waals surface area contributed by atoms with E-state index in [9.17, 15) is 14.4 Å². The second-order valence-corrected chi connectivity index (χ2v) is 4.33. The Bertz CT molecular complexity index is 512. The number of imide groups is 1. The molecule has 0 unspecified atom stereocenters. The molecule has 0 radical (unpaired) electrons. The fraction of sp³-hybridized carbons (Fsp3) is 0.308. The van der Waals surface area contributed by atoms with Crippen LogP contribution in [0.3, 0.4) is 0 Å². The zero-order valence-corrected chi connectivity index (χ0v) is 10.4. The molecule has 0 aliphatic carbocycles. The summed E-state index contributed by atoms with van der Waals surface area (Å²) in [6.07, 6.45) is 0.579. The molecular formula is C13H15N3O3. The maximum atomic E-state index is 12.3. The van der Waals surface area contributed by atoms with Crippen molar-refractivity contribution in [3.05, 3.63) is 35.4 Å². The number of nitrogens with one attached hydrogen (secondary N) is 1. The molecule has 1 aliphatic heterocycles. The van der Waals surface area contributed by atoms with Gasteiger partial charge in [-0.05, 0) is 24.6 Å². The van der Waals surface area contributed by atoms with Crippen LogP contribution < -0.4 is 11.1 Å². The average molecular weight is 261 g/mol. The SMILES string of the molecule is NCCc1ccccc1C(=O)N1CC(=O)NC(=O)C1. The van der Waals surface area contributed by atoms with Crippen molar-refractivity contribution < 1.29 is 14.4 Å². The van der Waals surface area contributed by atoms with Crippen LogP contribution in [0.25, 0.3) is 0 Å². The Morgan fingerprint density at radius 2 is 1.84 bits per heavy atom. The van der Waals surface area contributed by atoms with Gasteiger partial charge in [0.2, 0.25) is 11.8 Å². The van der Waals surface area contributed by atoms with E-state index in [0.29, 0.717) is 18.5 Å². The minimum absolute atomic E-state index is 0.0957. The number of benzene rings is 1. The van der Waals surface area contributed by atoms with E-state index in [1.165, 1.54) is 4.90 Å². The van der Waals surface area contributed by atoms with Gasteiger partial charge in [-0.1, -0.05) is 18.2 Å². The molecule has 3 amide bonds. The number of nitrogens with two attached hydrogens (primary N) is 1. The molecule has 1 aromatic rings. The lowest BCUT2D eigenvalue weighted by Gasteiger charge is -2.26. The van der Waals surface area contributed by atoms with Gasteiger partial charge in [0.15, 0.2) is 0 Å². The van der Waals surface area contributed by atoms with Gasteiger partial charge in [-0.2, -0.15) is 0 Å². The van der Waals surface area contributed by atoms with E-state index in [0.717, 1.165) is 5.56 Å². The summed E-state index contributed by atoms with van der Waals surface area (Å²) in [4.78, 5) is 36.2. The Labute approximate surface area is 110 Å². The fourth-order valence-corrected chi connectivity index (χ4v) is 2.05. The first-order valence-electron chi connectivity index (χ1n) is 6.01. The molecule has 1 heterocycles. The van der Waals surface area contributed by atoms with Crippen molar-refractivity contribution in [2.75, 3.05) is 19.6 Å². The number of carbonyl (C=O) groups is 3. The van der Waals surface area contributed by atoms with E-state index in [2.05, 4.69) is 5.32 Å². The summed E-state index contributed by atoms with van der Waals surface area (Å²) in [5.41, 5.74) is 6.83. The van der Waals surface area contributed by atoms with Crippen molar-refractivity contribution in [3.63, 3.8) is 0 Å².